The second-order valence-electron chi connectivity index (χ2n) is 3.82. The van der Waals surface area contributed by atoms with Crippen LogP contribution in [0.2, 0.25) is 5.02 Å². The highest BCUT2D eigenvalue weighted by Crippen LogP contribution is 2.40. The summed E-state index contributed by atoms with van der Waals surface area (Å²) in [5, 5.41) is -0.0390. The van der Waals surface area contributed by atoms with E-state index in [4.69, 9.17) is 17.3 Å². The van der Waals surface area contributed by atoms with E-state index in [1.807, 2.05) is 0 Å². The first-order chi connectivity index (χ1) is 8.41. The van der Waals surface area contributed by atoms with Crippen LogP contribution in [-0.4, -0.2) is 0 Å². The van der Waals surface area contributed by atoms with Gasteiger partial charge in [-0.05, 0) is 30.3 Å². The van der Waals surface area contributed by atoms with Gasteiger partial charge in [0.25, 0.3) is 5.92 Å². The van der Waals surface area contributed by atoms with Crippen molar-refractivity contribution in [2.24, 2.45) is 0 Å². The zero-order valence-corrected chi connectivity index (χ0v) is 11.5. The summed E-state index contributed by atoms with van der Waals surface area (Å²) in [4.78, 5) is 0. The highest BCUT2D eigenvalue weighted by molar-refractivity contribution is 9.10. The molecule has 94 valence electrons. The Balaban J connectivity index is 2.50. The Bertz CT molecular complexity index is 570. The predicted octanol–water partition coefficient (Wildman–Crippen LogP) is 4.82. The first kappa shape index (κ1) is 13.3. The molecule has 0 atom stereocenters. The summed E-state index contributed by atoms with van der Waals surface area (Å²) in [5.41, 5.74) is 5.49. The summed E-state index contributed by atoms with van der Waals surface area (Å²) < 4.78 is 29.3. The quantitative estimate of drug-likeness (QED) is 0.784. The molecule has 0 fully saturated rings. The third-order valence-corrected chi connectivity index (χ3v) is 3.38. The molecule has 0 aliphatic carbocycles. The van der Waals surface area contributed by atoms with Gasteiger partial charge < -0.3 is 5.73 Å². The first-order valence-corrected chi connectivity index (χ1v) is 6.27. The van der Waals surface area contributed by atoms with Crippen LogP contribution in [0.3, 0.4) is 0 Å². The van der Waals surface area contributed by atoms with Crippen molar-refractivity contribution in [2.75, 3.05) is 5.73 Å². The molecule has 18 heavy (non-hydrogen) atoms. The predicted molar refractivity (Wildman–Crippen MR) is 73.0 cm³/mol. The van der Waals surface area contributed by atoms with Crippen LogP contribution < -0.4 is 5.73 Å². The van der Waals surface area contributed by atoms with Gasteiger partial charge in [-0.1, -0.05) is 39.7 Å². The number of halogens is 4. The Hall–Kier alpha value is -1.13. The lowest BCUT2D eigenvalue weighted by Gasteiger charge is -2.18. The maximum absolute atomic E-state index is 14.3. The number of nitrogens with two attached hydrogens (primary N) is 1. The lowest BCUT2D eigenvalue weighted by molar-refractivity contribution is 0.0430. The molecule has 2 aromatic carbocycles. The fourth-order valence-corrected chi connectivity index (χ4v) is 2.17. The van der Waals surface area contributed by atoms with Gasteiger partial charge in [-0.15, -0.1) is 0 Å². The number of anilines is 1. The van der Waals surface area contributed by atoms with E-state index in [-0.39, 0.29) is 16.1 Å². The lowest BCUT2D eigenvalue weighted by Crippen LogP contribution is -2.15. The minimum atomic E-state index is -3.15. The van der Waals surface area contributed by atoms with Crippen LogP contribution in [0.15, 0.2) is 46.9 Å². The van der Waals surface area contributed by atoms with E-state index in [2.05, 4.69) is 15.9 Å². The fourth-order valence-electron chi connectivity index (χ4n) is 1.60. The van der Waals surface area contributed by atoms with Gasteiger partial charge in [0.05, 0.1) is 5.02 Å². The van der Waals surface area contributed by atoms with Gasteiger partial charge in [0, 0.05) is 21.3 Å². The topological polar surface area (TPSA) is 26.0 Å². The van der Waals surface area contributed by atoms with Gasteiger partial charge in [-0.25, -0.2) is 0 Å². The van der Waals surface area contributed by atoms with Crippen molar-refractivity contribution >= 4 is 33.2 Å². The summed E-state index contributed by atoms with van der Waals surface area (Å²) in [6.45, 7) is 0. The van der Waals surface area contributed by atoms with Crippen molar-refractivity contribution in [3.05, 3.63) is 63.1 Å². The molecule has 1 nitrogen and oxygen atoms in total. The van der Waals surface area contributed by atoms with E-state index in [0.29, 0.717) is 5.69 Å². The Morgan fingerprint density at radius 1 is 1.06 bits per heavy atom. The Kier molecular flexibility index (Phi) is 3.59. The number of rotatable bonds is 2. The van der Waals surface area contributed by atoms with Crippen LogP contribution in [0.25, 0.3) is 0 Å². The van der Waals surface area contributed by atoms with E-state index < -0.39 is 5.92 Å². The highest BCUT2D eigenvalue weighted by atomic mass is 79.9. The standard InChI is InChI=1S/C13H9BrClF2N/c14-9-3-1-8(2-4-9)13(16,17)11-6-5-10(18)7-12(11)15/h1-7H,18H2. The normalized spacial score (nSPS) is 11.6. The molecule has 0 aliphatic heterocycles. The molecule has 2 aromatic rings. The summed E-state index contributed by atoms with van der Waals surface area (Å²) in [6, 6.07) is 9.83. The van der Waals surface area contributed by atoms with Crippen LogP contribution in [-0.2, 0) is 5.92 Å². The van der Waals surface area contributed by atoms with Crippen LogP contribution in [0, 0.1) is 0 Å². The van der Waals surface area contributed by atoms with Crippen molar-refractivity contribution in [3.8, 4) is 0 Å². The van der Waals surface area contributed by atoms with E-state index in [0.717, 1.165) is 4.47 Å². The fraction of sp³-hybridized carbons (Fsp3) is 0.0769. The zero-order chi connectivity index (χ0) is 13.3. The molecule has 0 aliphatic rings. The second-order valence-corrected chi connectivity index (χ2v) is 5.14. The summed E-state index contributed by atoms with van der Waals surface area (Å²) in [7, 11) is 0. The van der Waals surface area contributed by atoms with Crippen molar-refractivity contribution in [2.45, 2.75) is 5.92 Å². The number of nitrogen functional groups attached to an aromatic ring is 1. The van der Waals surface area contributed by atoms with Crippen LogP contribution in [0.5, 0.6) is 0 Å². The average molecular weight is 333 g/mol. The maximum Gasteiger partial charge on any atom is 0.299 e. The van der Waals surface area contributed by atoms with Gasteiger partial charge >= 0.3 is 0 Å². The van der Waals surface area contributed by atoms with Crippen LogP contribution >= 0.6 is 27.5 Å². The molecule has 0 bridgehead atoms. The number of benzene rings is 2. The minimum absolute atomic E-state index is 0.0390. The summed E-state index contributed by atoms with van der Waals surface area (Å²) >= 11 is 9.03. The number of hydrogen-bond acceptors (Lipinski definition) is 1. The summed E-state index contributed by atoms with van der Waals surface area (Å²) in [5.74, 6) is -3.15. The molecular formula is C13H9BrClF2N. The molecule has 0 amide bonds. The van der Waals surface area contributed by atoms with Crippen molar-refractivity contribution in [1.82, 2.24) is 0 Å². The Labute approximate surface area is 117 Å². The molecule has 5 heteroatoms. The molecule has 0 spiro atoms. The molecule has 2 N–H and O–H groups in total. The third-order valence-electron chi connectivity index (χ3n) is 2.54. The molecular weight excluding hydrogens is 324 g/mol. The van der Waals surface area contributed by atoms with Crippen LogP contribution in [0.1, 0.15) is 11.1 Å². The number of alkyl halides is 2. The van der Waals surface area contributed by atoms with E-state index in [1.54, 1.807) is 12.1 Å². The van der Waals surface area contributed by atoms with E-state index in [9.17, 15) is 8.78 Å². The van der Waals surface area contributed by atoms with Crippen molar-refractivity contribution < 1.29 is 8.78 Å². The van der Waals surface area contributed by atoms with E-state index in [1.165, 1.54) is 30.3 Å². The lowest BCUT2D eigenvalue weighted by atomic mass is 10.00. The zero-order valence-electron chi connectivity index (χ0n) is 9.13. The minimum Gasteiger partial charge on any atom is -0.399 e. The van der Waals surface area contributed by atoms with Gasteiger partial charge in [0.15, 0.2) is 0 Å². The molecule has 0 unspecified atom stereocenters. The maximum atomic E-state index is 14.3. The Morgan fingerprint density at radius 2 is 1.67 bits per heavy atom. The molecule has 0 saturated carbocycles. The SMILES string of the molecule is Nc1ccc(C(F)(F)c2ccc(Br)cc2)c(Cl)c1. The van der Waals surface area contributed by atoms with Crippen molar-refractivity contribution in [3.63, 3.8) is 0 Å². The summed E-state index contributed by atoms with van der Waals surface area (Å²) in [6.07, 6.45) is 0. The molecule has 0 aromatic heterocycles. The average Bonchev–Trinajstić information content (AvgIpc) is 2.29. The monoisotopic (exact) mass is 331 g/mol. The molecule has 0 radical (unpaired) electrons. The Morgan fingerprint density at radius 3 is 2.22 bits per heavy atom. The molecule has 0 saturated heterocycles. The van der Waals surface area contributed by atoms with Gasteiger partial charge in [0.2, 0.25) is 0 Å². The highest BCUT2D eigenvalue weighted by Gasteiger charge is 2.35. The second kappa shape index (κ2) is 4.86. The van der Waals surface area contributed by atoms with Gasteiger partial charge in [-0.2, -0.15) is 8.78 Å². The van der Waals surface area contributed by atoms with Gasteiger partial charge in [-0.3, -0.25) is 0 Å². The van der Waals surface area contributed by atoms with Crippen LogP contribution in [0.4, 0.5) is 14.5 Å². The third kappa shape index (κ3) is 2.49. The van der Waals surface area contributed by atoms with Crippen molar-refractivity contribution in [1.29, 1.82) is 0 Å². The molecule has 2 rings (SSSR count). The molecule has 0 heterocycles. The number of hydrogen-bond donors (Lipinski definition) is 1. The largest absolute Gasteiger partial charge is 0.399 e. The first-order valence-electron chi connectivity index (χ1n) is 5.10. The smallest absolute Gasteiger partial charge is 0.299 e. The van der Waals surface area contributed by atoms with Gasteiger partial charge in [0.1, 0.15) is 0 Å². The van der Waals surface area contributed by atoms with E-state index >= 15 is 0 Å².